The van der Waals surface area contributed by atoms with Crippen LogP contribution >= 0.6 is 0 Å². The van der Waals surface area contributed by atoms with Crippen molar-refractivity contribution in [1.82, 2.24) is 29.8 Å². The van der Waals surface area contributed by atoms with E-state index in [1.165, 1.54) is 25.2 Å². The summed E-state index contributed by atoms with van der Waals surface area (Å²) in [5.41, 5.74) is 6.97. The van der Waals surface area contributed by atoms with Gasteiger partial charge in [-0.2, -0.15) is 18.3 Å². The van der Waals surface area contributed by atoms with Crippen molar-refractivity contribution in [3.05, 3.63) is 83.7 Å². The van der Waals surface area contributed by atoms with Gasteiger partial charge in [-0.3, -0.25) is 14.3 Å². The number of anilines is 1. The SMILES string of the molecule is CN(C(=O)c1cocn1)N(Cc1ccc(C(F)(F)F)cc1)C(=O)c1ccc2nc(N)c3cnn(C)c3c2c1. The lowest BCUT2D eigenvalue weighted by molar-refractivity contribution is -0.137. The van der Waals surface area contributed by atoms with Crippen LogP contribution in [0.1, 0.15) is 32.0 Å². The highest BCUT2D eigenvalue weighted by atomic mass is 19.4. The van der Waals surface area contributed by atoms with Gasteiger partial charge in [-0.15, -0.1) is 0 Å². The molecule has 0 aliphatic rings. The number of nitrogen functional groups attached to an aromatic ring is 1. The molecule has 38 heavy (non-hydrogen) atoms. The van der Waals surface area contributed by atoms with Crippen LogP contribution in [0.5, 0.6) is 0 Å². The molecule has 0 bridgehead atoms. The first kappa shape index (κ1) is 24.7. The zero-order chi connectivity index (χ0) is 27.2. The molecule has 0 saturated heterocycles. The molecule has 0 aliphatic heterocycles. The number of hydrazine groups is 1. The van der Waals surface area contributed by atoms with Crippen LogP contribution in [0.15, 0.2) is 65.7 Å². The zero-order valence-corrected chi connectivity index (χ0v) is 20.1. The lowest BCUT2D eigenvalue weighted by Gasteiger charge is -2.31. The molecule has 0 atom stereocenters. The van der Waals surface area contributed by atoms with Gasteiger partial charge in [0, 0.05) is 25.0 Å². The number of amides is 2. The highest BCUT2D eigenvalue weighted by molar-refractivity contribution is 6.10. The minimum atomic E-state index is -4.51. The van der Waals surface area contributed by atoms with Crippen molar-refractivity contribution in [3.63, 3.8) is 0 Å². The van der Waals surface area contributed by atoms with Gasteiger partial charge in [0.1, 0.15) is 12.1 Å². The lowest BCUT2D eigenvalue weighted by Crippen LogP contribution is -2.47. The number of fused-ring (bicyclic) bond motifs is 3. The molecule has 194 valence electrons. The van der Waals surface area contributed by atoms with Crippen molar-refractivity contribution in [3.8, 4) is 0 Å². The van der Waals surface area contributed by atoms with Gasteiger partial charge in [-0.25, -0.2) is 20.0 Å². The summed E-state index contributed by atoms with van der Waals surface area (Å²) < 4.78 is 45.6. The van der Waals surface area contributed by atoms with Gasteiger partial charge in [-0.05, 0) is 35.9 Å². The number of aryl methyl sites for hydroxylation is 1. The zero-order valence-electron chi connectivity index (χ0n) is 20.1. The first-order valence-corrected chi connectivity index (χ1v) is 11.2. The van der Waals surface area contributed by atoms with Gasteiger partial charge in [0.25, 0.3) is 11.8 Å². The second-order valence-electron chi connectivity index (χ2n) is 8.52. The molecule has 0 fully saturated rings. The minimum Gasteiger partial charge on any atom is -0.451 e. The van der Waals surface area contributed by atoms with Gasteiger partial charge < -0.3 is 10.2 Å². The average molecular weight is 523 g/mol. The summed E-state index contributed by atoms with van der Waals surface area (Å²) in [5, 5.41) is 7.62. The third-order valence-corrected chi connectivity index (χ3v) is 6.11. The molecule has 2 N–H and O–H groups in total. The van der Waals surface area contributed by atoms with E-state index in [1.807, 2.05) is 0 Å². The van der Waals surface area contributed by atoms with E-state index in [-0.39, 0.29) is 17.8 Å². The number of benzene rings is 2. The summed E-state index contributed by atoms with van der Waals surface area (Å²) in [6, 6.07) is 9.12. The number of hydrogen-bond donors (Lipinski definition) is 1. The molecule has 5 rings (SSSR count). The quantitative estimate of drug-likeness (QED) is 0.353. The Hall–Kier alpha value is -4.94. The summed E-state index contributed by atoms with van der Waals surface area (Å²) in [5.74, 6) is -0.942. The van der Waals surface area contributed by atoms with Crippen LogP contribution in [0.25, 0.3) is 21.8 Å². The predicted molar refractivity (Wildman–Crippen MR) is 130 cm³/mol. The monoisotopic (exact) mass is 523 g/mol. The molecule has 0 aliphatic carbocycles. The Morgan fingerprint density at radius 2 is 1.82 bits per heavy atom. The minimum absolute atomic E-state index is 0.0486. The predicted octanol–water partition coefficient (Wildman–Crippen LogP) is 4.04. The van der Waals surface area contributed by atoms with Crippen LogP contribution in [-0.2, 0) is 19.8 Å². The van der Waals surface area contributed by atoms with Crippen molar-refractivity contribution in [2.24, 2.45) is 7.05 Å². The molecular weight excluding hydrogens is 503 g/mol. The fourth-order valence-corrected chi connectivity index (χ4v) is 4.12. The molecule has 3 aromatic heterocycles. The van der Waals surface area contributed by atoms with Crippen molar-refractivity contribution in [2.75, 3.05) is 12.8 Å². The van der Waals surface area contributed by atoms with Gasteiger partial charge in [0.05, 0.1) is 34.7 Å². The standard InChI is InChI=1S/C25H20F3N7O3/c1-33-21-17-9-15(5-8-19(17)32-22(29)18(21)10-31-33)23(36)35(34(2)24(37)20-12-38-13-30-20)11-14-3-6-16(7-4-14)25(26,27)28/h3-10,12-13H,11H2,1-2H3,(H2,29,32). The molecule has 0 unspecified atom stereocenters. The molecule has 2 aromatic carbocycles. The van der Waals surface area contributed by atoms with E-state index in [0.29, 0.717) is 33.2 Å². The van der Waals surface area contributed by atoms with Crippen molar-refractivity contribution in [2.45, 2.75) is 12.7 Å². The van der Waals surface area contributed by atoms with Gasteiger partial charge in [-0.1, -0.05) is 12.1 Å². The Labute approximate surface area is 213 Å². The summed E-state index contributed by atoms with van der Waals surface area (Å²) in [6.45, 7) is -0.198. The largest absolute Gasteiger partial charge is 0.451 e. The van der Waals surface area contributed by atoms with Crippen molar-refractivity contribution >= 4 is 39.4 Å². The normalized spacial score (nSPS) is 11.7. The summed E-state index contributed by atoms with van der Waals surface area (Å²) in [7, 11) is 3.10. The second kappa shape index (κ2) is 9.18. The second-order valence-corrected chi connectivity index (χ2v) is 8.52. The Balaban J connectivity index is 1.56. The van der Waals surface area contributed by atoms with E-state index in [0.717, 1.165) is 34.8 Å². The third kappa shape index (κ3) is 4.38. The number of alkyl halides is 3. The maximum Gasteiger partial charge on any atom is 0.416 e. The third-order valence-electron chi connectivity index (χ3n) is 6.11. The van der Waals surface area contributed by atoms with Crippen LogP contribution in [0.3, 0.4) is 0 Å². The number of carbonyl (C=O) groups excluding carboxylic acids is 2. The Morgan fingerprint density at radius 3 is 2.47 bits per heavy atom. The number of hydrogen-bond acceptors (Lipinski definition) is 7. The molecule has 0 saturated carbocycles. The van der Waals surface area contributed by atoms with E-state index in [2.05, 4.69) is 15.1 Å². The molecule has 3 heterocycles. The number of nitrogens with zero attached hydrogens (tertiary/aromatic N) is 6. The van der Waals surface area contributed by atoms with Crippen molar-refractivity contribution in [1.29, 1.82) is 0 Å². The molecule has 5 aromatic rings. The molecule has 0 radical (unpaired) electrons. The van der Waals surface area contributed by atoms with Gasteiger partial charge >= 0.3 is 6.18 Å². The molecule has 13 heteroatoms. The fraction of sp³-hybridized carbons (Fsp3) is 0.160. The van der Waals surface area contributed by atoms with Crippen LogP contribution in [-0.4, -0.2) is 48.6 Å². The van der Waals surface area contributed by atoms with Crippen LogP contribution in [0.4, 0.5) is 19.0 Å². The van der Waals surface area contributed by atoms with E-state index < -0.39 is 23.6 Å². The highest BCUT2D eigenvalue weighted by Crippen LogP contribution is 2.30. The highest BCUT2D eigenvalue weighted by Gasteiger charge is 2.31. The number of halogens is 3. The molecular formula is C25H20F3N7O3. The number of pyridine rings is 1. The van der Waals surface area contributed by atoms with Gasteiger partial charge in [0.2, 0.25) is 0 Å². The Kier molecular flexibility index (Phi) is 5.97. The first-order valence-electron chi connectivity index (χ1n) is 11.2. The number of aromatic nitrogens is 4. The topological polar surface area (TPSA) is 123 Å². The summed E-state index contributed by atoms with van der Waals surface area (Å²) in [4.78, 5) is 35.0. The summed E-state index contributed by atoms with van der Waals surface area (Å²) >= 11 is 0. The Bertz CT molecular complexity index is 1660. The fourth-order valence-electron chi connectivity index (χ4n) is 4.12. The number of carbonyl (C=O) groups is 2. The Morgan fingerprint density at radius 1 is 1.08 bits per heavy atom. The number of oxazole rings is 1. The molecule has 10 nitrogen and oxygen atoms in total. The van der Waals surface area contributed by atoms with Crippen LogP contribution in [0.2, 0.25) is 0 Å². The lowest BCUT2D eigenvalue weighted by atomic mass is 10.1. The van der Waals surface area contributed by atoms with E-state index >= 15 is 0 Å². The van der Waals surface area contributed by atoms with Gasteiger partial charge in [0.15, 0.2) is 12.1 Å². The van der Waals surface area contributed by atoms with Crippen LogP contribution < -0.4 is 5.73 Å². The maximum atomic E-state index is 13.8. The maximum absolute atomic E-state index is 13.8. The first-order chi connectivity index (χ1) is 18.0. The molecule has 2 amide bonds. The molecule has 0 spiro atoms. The van der Waals surface area contributed by atoms with Crippen molar-refractivity contribution < 1.29 is 27.2 Å². The van der Waals surface area contributed by atoms with E-state index in [4.69, 9.17) is 10.2 Å². The number of rotatable bonds is 4. The average Bonchev–Trinajstić information content (AvgIpc) is 3.57. The van der Waals surface area contributed by atoms with Crippen LogP contribution in [0, 0.1) is 0 Å². The number of nitrogens with two attached hydrogens (primary N) is 1. The van der Waals surface area contributed by atoms with E-state index in [1.54, 1.807) is 30.1 Å². The summed E-state index contributed by atoms with van der Waals surface area (Å²) in [6.07, 6.45) is -0.727. The smallest absolute Gasteiger partial charge is 0.416 e. The van der Waals surface area contributed by atoms with E-state index in [9.17, 15) is 22.8 Å².